The number of hydrogen-bond donors (Lipinski definition) is 6. The van der Waals surface area contributed by atoms with Crippen LogP contribution in [0, 0.1) is 11.3 Å². The van der Waals surface area contributed by atoms with Gasteiger partial charge in [0.25, 0.3) is 0 Å². The van der Waals surface area contributed by atoms with Crippen molar-refractivity contribution < 1.29 is 30.6 Å². The Bertz CT molecular complexity index is 231. The zero-order chi connectivity index (χ0) is 12.7. The van der Waals surface area contributed by atoms with Crippen molar-refractivity contribution in [3.63, 3.8) is 0 Å². The lowest BCUT2D eigenvalue weighted by atomic mass is 9.97. The molecule has 0 aliphatic carbocycles. The van der Waals surface area contributed by atoms with Gasteiger partial charge >= 0.3 is 0 Å². The van der Waals surface area contributed by atoms with E-state index in [1.165, 1.54) is 0 Å². The molecular weight excluding hydrogens is 218 g/mol. The van der Waals surface area contributed by atoms with Crippen LogP contribution in [0.3, 0.4) is 0 Å². The molecule has 0 rings (SSSR count). The summed E-state index contributed by atoms with van der Waals surface area (Å²) in [6.45, 7) is -0.779. The largest absolute Gasteiger partial charge is 0.394 e. The normalized spacial score (nSPS) is 20.6. The Morgan fingerprint density at radius 1 is 0.875 bits per heavy atom. The molecule has 0 bridgehead atoms. The van der Waals surface area contributed by atoms with Gasteiger partial charge in [-0.25, -0.2) is 0 Å². The Balaban J connectivity index is 4.25. The van der Waals surface area contributed by atoms with Crippen molar-refractivity contribution in [3.05, 3.63) is 0 Å². The third kappa shape index (κ3) is 4.40. The lowest BCUT2D eigenvalue weighted by Gasteiger charge is -2.28. The summed E-state index contributed by atoms with van der Waals surface area (Å²) >= 11 is 0. The van der Waals surface area contributed by atoms with Gasteiger partial charge in [-0.1, -0.05) is 0 Å². The van der Waals surface area contributed by atoms with Crippen molar-refractivity contribution in [1.82, 2.24) is 0 Å². The number of nitrogens with zero attached hydrogens (tertiary/aromatic N) is 1. The Morgan fingerprint density at radius 3 is 1.81 bits per heavy atom. The fourth-order valence-electron chi connectivity index (χ4n) is 1.15. The molecule has 16 heavy (non-hydrogen) atoms. The maximum Gasteiger partial charge on any atom is 0.111 e. The molecule has 0 aromatic rings. The third-order valence-corrected chi connectivity index (χ3v) is 2.23. The molecule has 1 unspecified atom stereocenters. The molecule has 0 aliphatic heterocycles. The number of rotatable bonds is 7. The molecule has 5 atom stereocenters. The van der Waals surface area contributed by atoms with Gasteiger partial charge in [0.2, 0.25) is 0 Å². The topological polar surface area (TPSA) is 145 Å². The van der Waals surface area contributed by atoms with Crippen LogP contribution in [-0.2, 0) is 0 Å². The lowest BCUT2D eigenvalue weighted by Crippen LogP contribution is -2.49. The molecule has 7 heteroatoms. The van der Waals surface area contributed by atoms with E-state index in [4.69, 9.17) is 15.5 Å². The van der Waals surface area contributed by atoms with E-state index in [0.29, 0.717) is 0 Å². The average Bonchev–Trinajstić information content (AvgIpc) is 2.31. The summed E-state index contributed by atoms with van der Waals surface area (Å²) < 4.78 is 0. The lowest BCUT2D eigenvalue weighted by molar-refractivity contribution is -0.140. The molecule has 0 spiro atoms. The summed E-state index contributed by atoms with van der Waals surface area (Å²) in [6.07, 6.45) is -8.31. The number of hydrogen-bond acceptors (Lipinski definition) is 7. The van der Waals surface area contributed by atoms with Crippen LogP contribution in [0.25, 0.3) is 0 Å². The molecule has 0 radical (unpaired) electrons. The van der Waals surface area contributed by atoms with Gasteiger partial charge in [-0.2, -0.15) is 5.26 Å². The molecule has 0 saturated heterocycles. The second kappa shape index (κ2) is 7.51. The van der Waals surface area contributed by atoms with E-state index in [1.807, 2.05) is 0 Å². The van der Waals surface area contributed by atoms with Crippen molar-refractivity contribution in [2.24, 2.45) is 0 Å². The van der Waals surface area contributed by atoms with E-state index < -0.39 is 37.1 Å². The number of aliphatic hydroxyl groups excluding tert-OH is 6. The number of aliphatic hydroxyl groups is 6. The highest BCUT2D eigenvalue weighted by Crippen LogP contribution is 2.11. The van der Waals surface area contributed by atoms with Crippen molar-refractivity contribution in [2.75, 3.05) is 6.61 Å². The van der Waals surface area contributed by atoms with Crippen LogP contribution in [0.15, 0.2) is 0 Å². The van der Waals surface area contributed by atoms with E-state index in [-0.39, 0.29) is 12.8 Å². The molecule has 0 fully saturated rings. The molecule has 94 valence electrons. The summed E-state index contributed by atoms with van der Waals surface area (Å²) in [6, 6.07) is 1.75. The Kier molecular flexibility index (Phi) is 7.16. The molecule has 0 heterocycles. The predicted octanol–water partition coefficient (Wildman–Crippen LogP) is -2.91. The monoisotopic (exact) mass is 235 g/mol. The highest BCUT2D eigenvalue weighted by molar-refractivity contribution is 4.86. The molecule has 0 aromatic heterocycles. The molecule has 7 nitrogen and oxygen atoms in total. The van der Waals surface area contributed by atoms with E-state index in [2.05, 4.69) is 0 Å². The second-order valence-corrected chi connectivity index (χ2v) is 3.49. The van der Waals surface area contributed by atoms with E-state index in [0.717, 1.165) is 0 Å². The van der Waals surface area contributed by atoms with Crippen LogP contribution in [0.1, 0.15) is 12.8 Å². The van der Waals surface area contributed by atoms with Crippen LogP contribution in [-0.4, -0.2) is 67.8 Å². The standard InChI is InChI=1S/C9H17NO6/c10-3-1-2-5(12)7(14)9(16)8(15)6(13)4-11/h5-9,11-16H,1-2,4H2/t5?,6-,7+,8-,9-/m1/s1. The minimum atomic E-state index is -1.80. The van der Waals surface area contributed by atoms with E-state index >= 15 is 0 Å². The minimum Gasteiger partial charge on any atom is -0.394 e. The first kappa shape index (κ1) is 15.2. The molecule has 0 amide bonds. The number of nitriles is 1. The van der Waals surface area contributed by atoms with Gasteiger partial charge < -0.3 is 30.6 Å². The highest BCUT2D eigenvalue weighted by Gasteiger charge is 2.33. The van der Waals surface area contributed by atoms with Gasteiger partial charge in [0.1, 0.15) is 24.4 Å². The second-order valence-electron chi connectivity index (χ2n) is 3.49. The molecule has 0 saturated carbocycles. The molecular formula is C9H17NO6. The minimum absolute atomic E-state index is 0.0103. The smallest absolute Gasteiger partial charge is 0.111 e. The van der Waals surface area contributed by atoms with Gasteiger partial charge in [-0.3, -0.25) is 0 Å². The Hall–Kier alpha value is -0.750. The first-order valence-electron chi connectivity index (χ1n) is 4.83. The van der Waals surface area contributed by atoms with Crippen LogP contribution in [0.5, 0.6) is 0 Å². The summed E-state index contributed by atoms with van der Waals surface area (Å²) in [4.78, 5) is 0. The van der Waals surface area contributed by atoms with Gasteiger partial charge in [0.05, 0.1) is 18.8 Å². The van der Waals surface area contributed by atoms with E-state index in [1.54, 1.807) is 6.07 Å². The average molecular weight is 235 g/mol. The Morgan fingerprint density at radius 2 is 1.38 bits per heavy atom. The van der Waals surface area contributed by atoms with Gasteiger partial charge in [0, 0.05) is 6.42 Å². The van der Waals surface area contributed by atoms with Crippen molar-refractivity contribution in [2.45, 2.75) is 43.4 Å². The van der Waals surface area contributed by atoms with Crippen LogP contribution >= 0.6 is 0 Å². The summed E-state index contributed by atoms with van der Waals surface area (Å²) in [7, 11) is 0. The first-order chi connectivity index (χ1) is 7.45. The molecule has 0 aliphatic rings. The zero-order valence-electron chi connectivity index (χ0n) is 8.64. The summed E-state index contributed by atoms with van der Waals surface area (Å²) in [5.74, 6) is 0. The van der Waals surface area contributed by atoms with Crippen LogP contribution in [0.4, 0.5) is 0 Å². The Labute approximate surface area is 92.8 Å². The fraction of sp³-hybridized carbons (Fsp3) is 0.889. The van der Waals surface area contributed by atoms with Gasteiger partial charge in [0.15, 0.2) is 0 Å². The van der Waals surface area contributed by atoms with Crippen LogP contribution < -0.4 is 0 Å². The molecule has 0 aromatic carbocycles. The summed E-state index contributed by atoms with van der Waals surface area (Å²) in [5.41, 5.74) is 0. The van der Waals surface area contributed by atoms with Crippen molar-refractivity contribution in [1.29, 1.82) is 5.26 Å². The maximum absolute atomic E-state index is 9.37. The predicted molar refractivity (Wildman–Crippen MR) is 52.0 cm³/mol. The molecule has 6 N–H and O–H groups in total. The SMILES string of the molecule is N#CCCC(O)[C@H](O)[C@@H](O)[C@H](O)[C@H](O)CO. The highest BCUT2D eigenvalue weighted by atomic mass is 16.4. The van der Waals surface area contributed by atoms with E-state index in [9.17, 15) is 20.4 Å². The van der Waals surface area contributed by atoms with Crippen molar-refractivity contribution >= 4 is 0 Å². The zero-order valence-corrected chi connectivity index (χ0v) is 8.64. The third-order valence-electron chi connectivity index (χ3n) is 2.23. The van der Waals surface area contributed by atoms with Crippen LogP contribution in [0.2, 0.25) is 0 Å². The van der Waals surface area contributed by atoms with Crippen molar-refractivity contribution in [3.8, 4) is 6.07 Å². The quantitative estimate of drug-likeness (QED) is 0.277. The fourth-order valence-corrected chi connectivity index (χ4v) is 1.15. The first-order valence-corrected chi connectivity index (χ1v) is 4.83. The van der Waals surface area contributed by atoms with Gasteiger partial charge in [-0.05, 0) is 6.42 Å². The van der Waals surface area contributed by atoms with Gasteiger partial charge in [-0.15, -0.1) is 0 Å². The maximum atomic E-state index is 9.37. The summed E-state index contributed by atoms with van der Waals surface area (Å²) in [5, 5.41) is 63.0.